The average Bonchev–Trinajstić information content (AvgIpc) is 2.37. The van der Waals surface area contributed by atoms with Crippen LogP contribution in [0.15, 0.2) is 23.1 Å². The van der Waals surface area contributed by atoms with Crippen molar-refractivity contribution in [1.29, 1.82) is 0 Å². The monoisotopic (exact) mass is 294 g/mol. The van der Waals surface area contributed by atoms with Crippen LogP contribution in [0.1, 0.15) is 57.1 Å². The summed E-state index contributed by atoms with van der Waals surface area (Å²) in [4.78, 5) is 0.611. The summed E-state index contributed by atoms with van der Waals surface area (Å²) in [6, 6.07) is 5.89. The maximum Gasteiger partial charge on any atom is 0.186 e. The summed E-state index contributed by atoms with van der Waals surface area (Å²) in [6.07, 6.45) is 3.65. The normalized spacial score (nSPS) is 28.6. The molecule has 0 radical (unpaired) electrons. The van der Waals surface area contributed by atoms with E-state index >= 15 is 0 Å². The molecular formula is C17H26O2S. The molecular weight excluding hydrogens is 268 g/mol. The molecule has 1 aliphatic rings. The maximum atomic E-state index is 11.6. The number of benzene rings is 1. The lowest BCUT2D eigenvalue weighted by molar-refractivity contribution is 0.195. The Morgan fingerprint density at radius 2 is 2.00 bits per heavy atom. The van der Waals surface area contributed by atoms with E-state index in [1.165, 1.54) is 18.4 Å². The van der Waals surface area contributed by atoms with Gasteiger partial charge in [0.1, 0.15) is 0 Å². The van der Waals surface area contributed by atoms with Gasteiger partial charge in [-0.25, -0.2) is 4.21 Å². The minimum Gasteiger partial charge on any atom is -0.302 e. The van der Waals surface area contributed by atoms with Crippen LogP contribution in [0.5, 0.6) is 0 Å². The topological polar surface area (TPSA) is 37.3 Å². The Bertz CT molecular complexity index is 496. The maximum absolute atomic E-state index is 11.6. The van der Waals surface area contributed by atoms with Gasteiger partial charge in [0.15, 0.2) is 11.1 Å². The van der Waals surface area contributed by atoms with Gasteiger partial charge in [0, 0.05) is 0 Å². The molecule has 0 amide bonds. The first-order valence-electron chi connectivity index (χ1n) is 7.61. The third-order valence-corrected chi connectivity index (χ3v) is 5.52. The quantitative estimate of drug-likeness (QED) is 0.817. The van der Waals surface area contributed by atoms with Crippen LogP contribution in [0, 0.1) is 24.7 Å². The molecule has 0 spiro atoms. The standard InChI is InChI=1S/C17H26O2S/c1-11(2)14-7-5-12(3)9-15(14)16-10-13(4)6-8-17(16)20(18)19/h6,8,10-12,14-15H,5,7,9H2,1-4H3,(H,18,19)/t12?,14?,15-/m0/s1. The summed E-state index contributed by atoms with van der Waals surface area (Å²) in [7, 11) is 0. The molecule has 20 heavy (non-hydrogen) atoms. The molecule has 1 fully saturated rings. The molecule has 0 heterocycles. The molecule has 2 nitrogen and oxygen atoms in total. The van der Waals surface area contributed by atoms with Crippen molar-refractivity contribution in [2.75, 3.05) is 0 Å². The van der Waals surface area contributed by atoms with E-state index in [-0.39, 0.29) is 0 Å². The van der Waals surface area contributed by atoms with Crippen LogP contribution in [0.2, 0.25) is 0 Å². The molecule has 1 aliphatic carbocycles. The van der Waals surface area contributed by atoms with E-state index in [9.17, 15) is 8.76 Å². The smallest absolute Gasteiger partial charge is 0.186 e. The fraction of sp³-hybridized carbons (Fsp3) is 0.647. The highest BCUT2D eigenvalue weighted by molar-refractivity contribution is 7.79. The predicted octanol–water partition coefficient (Wildman–Crippen LogP) is 4.75. The highest BCUT2D eigenvalue weighted by Gasteiger charge is 2.33. The van der Waals surface area contributed by atoms with E-state index in [0.29, 0.717) is 28.6 Å². The Balaban J connectivity index is 2.45. The van der Waals surface area contributed by atoms with Gasteiger partial charge in [-0.1, -0.05) is 44.9 Å². The Morgan fingerprint density at radius 3 is 2.60 bits per heavy atom. The van der Waals surface area contributed by atoms with Gasteiger partial charge < -0.3 is 4.55 Å². The fourth-order valence-corrected chi connectivity index (χ4v) is 4.27. The van der Waals surface area contributed by atoms with Gasteiger partial charge in [0.05, 0.1) is 4.90 Å². The van der Waals surface area contributed by atoms with Crippen LogP contribution in [-0.2, 0) is 11.1 Å². The van der Waals surface area contributed by atoms with Crippen molar-refractivity contribution in [3.05, 3.63) is 29.3 Å². The molecule has 0 aromatic heterocycles. The van der Waals surface area contributed by atoms with Gasteiger partial charge in [0.25, 0.3) is 0 Å². The highest BCUT2D eigenvalue weighted by atomic mass is 32.2. The third-order valence-electron chi connectivity index (χ3n) is 4.78. The lowest BCUT2D eigenvalue weighted by atomic mass is 9.67. The molecule has 1 saturated carbocycles. The molecule has 1 aromatic rings. The third kappa shape index (κ3) is 3.32. The van der Waals surface area contributed by atoms with Crippen LogP contribution in [0.4, 0.5) is 0 Å². The molecule has 4 atom stereocenters. The molecule has 1 N–H and O–H groups in total. The predicted molar refractivity (Wildman–Crippen MR) is 84.3 cm³/mol. The summed E-state index contributed by atoms with van der Waals surface area (Å²) in [5.74, 6) is 2.36. The summed E-state index contributed by atoms with van der Waals surface area (Å²) < 4.78 is 21.2. The Hall–Kier alpha value is -0.670. The van der Waals surface area contributed by atoms with Crippen molar-refractivity contribution >= 4 is 11.1 Å². The summed E-state index contributed by atoms with van der Waals surface area (Å²) in [6.45, 7) is 8.91. The largest absolute Gasteiger partial charge is 0.302 e. The second-order valence-electron chi connectivity index (χ2n) is 6.72. The van der Waals surface area contributed by atoms with Crippen molar-refractivity contribution in [3.63, 3.8) is 0 Å². The minimum atomic E-state index is -1.89. The SMILES string of the molecule is Cc1ccc(S(=O)O)c([C@H]2CC(C)CCC2C(C)C)c1. The first-order valence-corrected chi connectivity index (χ1v) is 8.72. The second-order valence-corrected chi connectivity index (χ2v) is 7.66. The van der Waals surface area contributed by atoms with E-state index in [4.69, 9.17) is 0 Å². The zero-order valence-corrected chi connectivity index (χ0v) is 13.7. The average molecular weight is 294 g/mol. The number of aryl methyl sites for hydroxylation is 1. The van der Waals surface area contributed by atoms with Crippen LogP contribution in [0.3, 0.4) is 0 Å². The summed E-state index contributed by atoms with van der Waals surface area (Å²) >= 11 is -1.89. The van der Waals surface area contributed by atoms with Gasteiger partial charge in [-0.05, 0) is 55.1 Å². The molecule has 112 valence electrons. The lowest BCUT2D eigenvalue weighted by Gasteiger charge is -2.38. The van der Waals surface area contributed by atoms with E-state index < -0.39 is 11.1 Å². The van der Waals surface area contributed by atoms with Crippen molar-refractivity contribution in [2.24, 2.45) is 17.8 Å². The van der Waals surface area contributed by atoms with Crippen LogP contribution in [-0.4, -0.2) is 8.76 Å². The van der Waals surface area contributed by atoms with Gasteiger partial charge >= 0.3 is 0 Å². The summed E-state index contributed by atoms with van der Waals surface area (Å²) in [5.41, 5.74) is 2.28. The summed E-state index contributed by atoms with van der Waals surface area (Å²) in [5, 5.41) is 0. The zero-order valence-electron chi connectivity index (χ0n) is 12.9. The van der Waals surface area contributed by atoms with Gasteiger partial charge in [-0.15, -0.1) is 0 Å². The molecule has 2 rings (SSSR count). The number of rotatable bonds is 3. The lowest BCUT2D eigenvalue weighted by Crippen LogP contribution is -2.27. The molecule has 3 heteroatoms. The fourth-order valence-electron chi connectivity index (χ4n) is 3.68. The first-order chi connectivity index (χ1) is 9.40. The van der Waals surface area contributed by atoms with Crippen LogP contribution in [0.25, 0.3) is 0 Å². The Morgan fingerprint density at radius 1 is 1.30 bits per heavy atom. The van der Waals surface area contributed by atoms with Crippen molar-refractivity contribution in [2.45, 2.75) is 57.8 Å². The Labute approximate surface area is 125 Å². The molecule has 3 unspecified atom stereocenters. The van der Waals surface area contributed by atoms with Crippen LogP contribution >= 0.6 is 0 Å². The highest BCUT2D eigenvalue weighted by Crippen LogP contribution is 2.45. The number of hydrogen-bond acceptors (Lipinski definition) is 1. The molecule has 1 aromatic carbocycles. The van der Waals surface area contributed by atoms with Crippen LogP contribution < -0.4 is 0 Å². The van der Waals surface area contributed by atoms with Gasteiger partial charge in [-0.3, -0.25) is 0 Å². The first kappa shape index (κ1) is 15.7. The van der Waals surface area contributed by atoms with E-state index in [1.807, 2.05) is 12.1 Å². The van der Waals surface area contributed by atoms with Crippen molar-refractivity contribution in [3.8, 4) is 0 Å². The minimum absolute atomic E-state index is 0.421. The van der Waals surface area contributed by atoms with E-state index in [1.54, 1.807) is 0 Å². The van der Waals surface area contributed by atoms with E-state index in [0.717, 1.165) is 12.0 Å². The van der Waals surface area contributed by atoms with E-state index in [2.05, 4.69) is 33.8 Å². The molecule has 0 bridgehead atoms. The number of hydrogen-bond donors (Lipinski definition) is 1. The van der Waals surface area contributed by atoms with Crippen molar-refractivity contribution in [1.82, 2.24) is 0 Å². The van der Waals surface area contributed by atoms with Gasteiger partial charge in [-0.2, -0.15) is 0 Å². The van der Waals surface area contributed by atoms with Crippen molar-refractivity contribution < 1.29 is 8.76 Å². The molecule has 0 saturated heterocycles. The second kappa shape index (κ2) is 6.40. The van der Waals surface area contributed by atoms with Gasteiger partial charge in [0.2, 0.25) is 0 Å². The molecule has 0 aliphatic heterocycles. The zero-order chi connectivity index (χ0) is 14.9. The Kier molecular flexibility index (Phi) is 5.03.